The molecule has 0 radical (unpaired) electrons. The van der Waals surface area contributed by atoms with E-state index in [0.717, 1.165) is 6.20 Å². The van der Waals surface area contributed by atoms with Crippen LogP contribution in [0.5, 0.6) is 0 Å². The summed E-state index contributed by atoms with van der Waals surface area (Å²) in [6, 6.07) is 0. The van der Waals surface area contributed by atoms with Crippen LogP contribution < -0.4 is 0 Å². The van der Waals surface area contributed by atoms with Gasteiger partial charge in [0.05, 0.1) is 4.88 Å². The van der Waals surface area contributed by atoms with Gasteiger partial charge in [0, 0.05) is 13.3 Å². The summed E-state index contributed by atoms with van der Waals surface area (Å²) in [5.74, 6) is -0.476. The SMILES string of the molecule is CCC(C)(OC)C(=O)c1cnc(C(F)(F)F)s1. The smallest absolute Gasteiger partial charge is 0.370 e. The predicted octanol–water partition coefficient (Wildman–Crippen LogP) is 3.16. The Morgan fingerprint density at radius 2 is 2.12 bits per heavy atom. The van der Waals surface area contributed by atoms with E-state index >= 15 is 0 Å². The number of methoxy groups -OCH3 is 1. The fourth-order valence-electron chi connectivity index (χ4n) is 1.17. The van der Waals surface area contributed by atoms with Crippen LogP contribution in [-0.4, -0.2) is 23.5 Å². The Morgan fingerprint density at radius 3 is 2.47 bits per heavy atom. The van der Waals surface area contributed by atoms with Gasteiger partial charge in [0.25, 0.3) is 0 Å². The van der Waals surface area contributed by atoms with Crippen molar-refractivity contribution in [2.24, 2.45) is 0 Å². The van der Waals surface area contributed by atoms with Crippen molar-refractivity contribution in [2.45, 2.75) is 32.0 Å². The van der Waals surface area contributed by atoms with E-state index in [9.17, 15) is 18.0 Å². The first-order valence-corrected chi connectivity index (χ1v) is 5.69. The third kappa shape index (κ3) is 2.84. The summed E-state index contributed by atoms with van der Waals surface area (Å²) in [7, 11) is 1.35. The number of ether oxygens (including phenoxy) is 1. The lowest BCUT2D eigenvalue weighted by Crippen LogP contribution is -2.36. The van der Waals surface area contributed by atoms with Crippen LogP contribution in [0.1, 0.15) is 34.9 Å². The van der Waals surface area contributed by atoms with Gasteiger partial charge in [-0.05, 0) is 13.3 Å². The quantitative estimate of drug-likeness (QED) is 0.787. The number of alkyl halides is 3. The highest BCUT2D eigenvalue weighted by molar-refractivity contribution is 7.13. The Morgan fingerprint density at radius 1 is 1.53 bits per heavy atom. The number of nitrogens with zero attached hydrogens (tertiary/aromatic N) is 1. The molecular weight excluding hydrogens is 255 g/mol. The fourth-order valence-corrected chi connectivity index (χ4v) is 2.01. The second-order valence-corrected chi connectivity index (χ2v) is 4.68. The molecule has 0 saturated heterocycles. The van der Waals surface area contributed by atoms with Gasteiger partial charge in [-0.25, -0.2) is 4.98 Å². The number of Topliss-reactive ketones (excluding diaryl/α,β-unsaturated/α-hetero) is 1. The Bertz CT molecular complexity index is 410. The van der Waals surface area contributed by atoms with Crippen molar-refractivity contribution in [3.63, 3.8) is 0 Å². The van der Waals surface area contributed by atoms with Gasteiger partial charge in [-0.15, -0.1) is 11.3 Å². The Hall–Kier alpha value is -0.950. The summed E-state index contributed by atoms with van der Waals surface area (Å²) in [5, 5.41) is -1.02. The van der Waals surface area contributed by atoms with Crippen molar-refractivity contribution >= 4 is 17.1 Å². The van der Waals surface area contributed by atoms with Crippen molar-refractivity contribution in [1.29, 1.82) is 0 Å². The van der Waals surface area contributed by atoms with E-state index < -0.39 is 22.6 Å². The lowest BCUT2D eigenvalue weighted by molar-refractivity contribution is -0.137. The van der Waals surface area contributed by atoms with Crippen LogP contribution in [0.4, 0.5) is 13.2 Å². The van der Waals surface area contributed by atoms with E-state index in [0.29, 0.717) is 17.8 Å². The highest BCUT2D eigenvalue weighted by Crippen LogP contribution is 2.34. The van der Waals surface area contributed by atoms with Gasteiger partial charge in [-0.1, -0.05) is 6.92 Å². The zero-order valence-electron chi connectivity index (χ0n) is 9.59. The van der Waals surface area contributed by atoms with E-state index in [4.69, 9.17) is 4.74 Å². The molecule has 0 aliphatic rings. The van der Waals surface area contributed by atoms with Gasteiger partial charge < -0.3 is 4.74 Å². The van der Waals surface area contributed by atoms with E-state index in [2.05, 4.69) is 4.98 Å². The van der Waals surface area contributed by atoms with Gasteiger partial charge >= 0.3 is 6.18 Å². The average molecular weight is 267 g/mol. The molecule has 1 aromatic heterocycles. The molecule has 0 N–H and O–H groups in total. The van der Waals surface area contributed by atoms with Crippen LogP contribution in [0.25, 0.3) is 0 Å². The maximum absolute atomic E-state index is 12.3. The topological polar surface area (TPSA) is 39.2 Å². The second-order valence-electron chi connectivity index (χ2n) is 3.65. The van der Waals surface area contributed by atoms with Crippen molar-refractivity contribution in [3.05, 3.63) is 16.1 Å². The molecule has 0 spiro atoms. The summed E-state index contributed by atoms with van der Waals surface area (Å²) < 4.78 is 42.0. The van der Waals surface area contributed by atoms with E-state index in [-0.39, 0.29) is 4.88 Å². The number of ketones is 1. The van der Waals surface area contributed by atoms with Crippen molar-refractivity contribution in [2.75, 3.05) is 7.11 Å². The minimum atomic E-state index is -4.51. The van der Waals surface area contributed by atoms with Crippen molar-refractivity contribution in [1.82, 2.24) is 4.98 Å². The van der Waals surface area contributed by atoms with E-state index in [1.54, 1.807) is 13.8 Å². The number of hydrogen-bond donors (Lipinski definition) is 0. The lowest BCUT2D eigenvalue weighted by atomic mass is 9.97. The van der Waals surface area contributed by atoms with Gasteiger partial charge in [-0.2, -0.15) is 13.2 Å². The highest BCUT2D eigenvalue weighted by Gasteiger charge is 2.38. The second kappa shape index (κ2) is 4.73. The Kier molecular flexibility index (Phi) is 3.93. The number of carbonyl (C=O) groups is 1. The average Bonchev–Trinajstić information content (AvgIpc) is 2.75. The third-order valence-corrected chi connectivity index (χ3v) is 3.62. The van der Waals surface area contributed by atoms with Gasteiger partial charge in [-0.3, -0.25) is 4.79 Å². The first-order valence-electron chi connectivity index (χ1n) is 4.87. The molecule has 0 fully saturated rings. The molecule has 96 valence electrons. The van der Waals surface area contributed by atoms with Crippen LogP contribution in [0.15, 0.2) is 6.20 Å². The number of thiazole rings is 1. The molecular formula is C10H12F3NO2S. The molecule has 0 aromatic carbocycles. The molecule has 7 heteroatoms. The number of hydrogen-bond acceptors (Lipinski definition) is 4. The monoisotopic (exact) mass is 267 g/mol. The summed E-state index contributed by atoms with van der Waals surface area (Å²) in [6.45, 7) is 3.27. The highest BCUT2D eigenvalue weighted by atomic mass is 32.1. The molecule has 0 aliphatic carbocycles. The van der Waals surface area contributed by atoms with Gasteiger partial charge in [0.1, 0.15) is 5.60 Å². The van der Waals surface area contributed by atoms with Crippen LogP contribution in [-0.2, 0) is 10.9 Å². The minimum absolute atomic E-state index is 0.0384. The molecule has 1 unspecified atom stereocenters. The largest absolute Gasteiger partial charge is 0.443 e. The van der Waals surface area contributed by atoms with Gasteiger partial charge in [0.2, 0.25) is 5.78 Å². The normalized spacial score (nSPS) is 15.6. The van der Waals surface area contributed by atoms with Crippen LogP contribution in [0.2, 0.25) is 0 Å². The molecule has 0 bridgehead atoms. The van der Waals surface area contributed by atoms with Crippen LogP contribution >= 0.6 is 11.3 Å². The minimum Gasteiger partial charge on any atom is -0.370 e. The first-order chi connectivity index (χ1) is 7.74. The van der Waals surface area contributed by atoms with E-state index in [1.165, 1.54) is 7.11 Å². The maximum atomic E-state index is 12.3. The molecule has 0 saturated carbocycles. The zero-order chi connectivity index (χ0) is 13.3. The fraction of sp³-hybridized carbons (Fsp3) is 0.600. The van der Waals surface area contributed by atoms with Gasteiger partial charge in [0.15, 0.2) is 5.01 Å². The molecule has 1 rings (SSSR count). The Labute approximate surface area is 101 Å². The van der Waals surface area contributed by atoms with E-state index in [1.807, 2.05) is 0 Å². The number of rotatable bonds is 4. The molecule has 0 amide bonds. The standard InChI is InChI=1S/C10H12F3NO2S/c1-4-9(2,16-3)7(15)6-5-14-8(17-6)10(11,12)13/h5H,4H2,1-3H3. The van der Waals surface area contributed by atoms with Crippen molar-refractivity contribution in [3.8, 4) is 0 Å². The molecule has 1 aromatic rings. The van der Waals surface area contributed by atoms with Crippen LogP contribution in [0, 0.1) is 0 Å². The molecule has 1 heterocycles. The predicted molar refractivity (Wildman–Crippen MR) is 57.2 cm³/mol. The number of carbonyl (C=O) groups excluding carboxylic acids is 1. The van der Waals surface area contributed by atoms with Crippen LogP contribution in [0.3, 0.4) is 0 Å². The number of halogens is 3. The third-order valence-electron chi connectivity index (χ3n) is 2.58. The summed E-state index contributed by atoms with van der Waals surface area (Å²) in [4.78, 5) is 15.1. The lowest BCUT2D eigenvalue weighted by Gasteiger charge is -2.23. The summed E-state index contributed by atoms with van der Waals surface area (Å²) in [6.07, 6.45) is -3.19. The summed E-state index contributed by atoms with van der Waals surface area (Å²) in [5.41, 5.74) is -1.10. The maximum Gasteiger partial charge on any atom is 0.443 e. The zero-order valence-corrected chi connectivity index (χ0v) is 10.4. The van der Waals surface area contributed by atoms with Crippen molar-refractivity contribution < 1.29 is 22.7 Å². The molecule has 17 heavy (non-hydrogen) atoms. The summed E-state index contributed by atoms with van der Waals surface area (Å²) >= 11 is 0.340. The number of aromatic nitrogens is 1. The molecule has 0 aliphatic heterocycles. The molecule has 3 nitrogen and oxygen atoms in total. The Balaban J connectivity index is 3.03. The first kappa shape index (κ1) is 14.1. The molecule has 1 atom stereocenters.